The largest absolute Gasteiger partial charge is 0.497 e. The Hall–Kier alpha value is -3.26. The standard InChI is InChI=1S/C22H22N4O3S/c1-14-12-20-24-25-22(26(20)18-7-5-4-6-16(14)18)30-11-10-21(27)23-17-13-15(28-2)8-9-19(17)29-3/h4-9,12-13H,10-11H2,1-3H3,(H,23,27). The molecule has 0 bridgehead atoms. The van der Waals surface area contributed by atoms with Crippen molar-refractivity contribution in [3.63, 3.8) is 0 Å². The van der Waals surface area contributed by atoms with Gasteiger partial charge in [0.15, 0.2) is 10.8 Å². The van der Waals surface area contributed by atoms with Crippen LogP contribution in [0.25, 0.3) is 16.6 Å². The van der Waals surface area contributed by atoms with E-state index in [2.05, 4.69) is 34.6 Å². The van der Waals surface area contributed by atoms with Crippen LogP contribution >= 0.6 is 11.8 Å². The third-order valence-electron chi connectivity index (χ3n) is 4.81. The Labute approximate surface area is 178 Å². The summed E-state index contributed by atoms with van der Waals surface area (Å²) in [6.45, 7) is 2.07. The van der Waals surface area contributed by atoms with Gasteiger partial charge < -0.3 is 14.8 Å². The summed E-state index contributed by atoms with van der Waals surface area (Å²) in [6, 6.07) is 15.5. The molecular weight excluding hydrogens is 400 g/mol. The molecule has 0 unspecified atom stereocenters. The van der Waals surface area contributed by atoms with E-state index in [1.165, 1.54) is 11.8 Å². The van der Waals surface area contributed by atoms with Crippen molar-refractivity contribution >= 4 is 39.9 Å². The number of nitrogens with zero attached hydrogens (tertiary/aromatic N) is 3. The normalized spacial score (nSPS) is 11.0. The molecule has 0 saturated heterocycles. The van der Waals surface area contributed by atoms with Crippen molar-refractivity contribution in [3.05, 3.63) is 54.1 Å². The minimum absolute atomic E-state index is 0.108. The lowest BCUT2D eigenvalue weighted by atomic mass is 10.1. The highest BCUT2D eigenvalue weighted by Crippen LogP contribution is 2.29. The van der Waals surface area contributed by atoms with E-state index in [0.717, 1.165) is 27.3 Å². The van der Waals surface area contributed by atoms with Crippen LogP contribution in [0.15, 0.2) is 53.7 Å². The molecule has 154 valence electrons. The summed E-state index contributed by atoms with van der Waals surface area (Å²) in [5.41, 5.74) is 3.61. The number of hydrogen-bond acceptors (Lipinski definition) is 6. The molecule has 4 rings (SSSR count). The molecule has 8 heteroatoms. The summed E-state index contributed by atoms with van der Waals surface area (Å²) in [4.78, 5) is 12.5. The zero-order chi connectivity index (χ0) is 21.1. The van der Waals surface area contributed by atoms with Crippen molar-refractivity contribution in [1.29, 1.82) is 0 Å². The predicted molar refractivity (Wildman–Crippen MR) is 119 cm³/mol. The quantitative estimate of drug-likeness (QED) is 0.447. The number of nitrogens with one attached hydrogen (secondary N) is 1. The van der Waals surface area contributed by atoms with E-state index in [0.29, 0.717) is 29.4 Å². The van der Waals surface area contributed by atoms with Gasteiger partial charge in [0.05, 0.1) is 25.4 Å². The first-order valence-electron chi connectivity index (χ1n) is 9.49. The maximum atomic E-state index is 12.5. The van der Waals surface area contributed by atoms with E-state index in [-0.39, 0.29) is 5.91 Å². The summed E-state index contributed by atoms with van der Waals surface area (Å²) in [5, 5.41) is 13.4. The fourth-order valence-electron chi connectivity index (χ4n) is 3.33. The first-order chi connectivity index (χ1) is 14.6. The second-order valence-electron chi connectivity index (χ2n) is 6.73. The molecule has 0 radical (unpaired) electrons. The molecule has 0 aliphatic rings. The van der Waals surface area contributed by atoms with Crippen molar-refractivity contribution in [2.75, 3.05) is 25.3 Å². The Morgan fingerprint density at radius 3 is 2.73 bits per heavy atom. The van der Waals surface area contributed by atoms with Crippen LogP contribution in [-0.2, 0) is 4.79 Å². The van der Waals surface area contributed by atoms with Crippen LogP contribution in [0.5, 0.6) is 11.5 Å². The number of amides is 1. The number of carbonyl (C=O) groups excluding carboxylic acids is 1. The first kappa shape index (κ1) is 20.0. The summed E-state index contributed by atoms with van der Waals surface area (Å²) in [6.07, 6.45) is 0.323. The molecule has 2 aromatic carbocycles. The average molecular weight is 423 g/mol. The number of aryl methyl sites for hydroxylation is 1. The van der Waals surface area contributed by atoms with Crippen LogP contribution < -0.4 is 14.8 Å². The van der Waals surface area contributed by atoms with Gasteiger partial charge in [0.2, 0.25) is 5.91 Å². The average Bonchev–Trinajstić information content (AvgIpc) is 3.16. The van der Waals surface area contributed by atoms with Crippen molar-refractivity contribution in [1.82, 2.24) is 14.6 Å². The van der Waals surface area contributed by atoms with Gasteiger partial charge >= 0.3 is 0 Å². The minimum Gasteiger partial charge on any atom is -0.497 e. The number of methoxy groups -OCH3 is 2. The number of thioether (sulfide) groups is 1. The lowest BCUT2D eigenvalue weighted by Gasteiger charge is -2.11. The lowest BCUT2D eigenvalue weighted by Crippen LogP contribution is -2.13. The summed E-state index contributed by atoms with van der Waals surface area (Å²) in [7, 11) is 3.15. The molecule has 1 amide bonds. The zero-order valence-corrected chi connectivity index (χ0v) is 17.8. The molecule has 30 heavy (non-hydrogen) atoms. The van der Waals surface area contributed by atoms with Gasteiger partial charge in [-0.1, -0.05) is 30.0 Å². The van der Waals surface area contributed by atoms with E-state index in [9.17, 15) is 4.79 Å². The number of anilines is 1. The number of rotatable bonds is 7. The smallest absolute Gasteiger partial charge is 0.225 e. The Kier molecular flexibility index (Phi) is 5.76. The van der Waals surface area contributed by atoms with Crippen molar-refractivity contribution in [2.24, 2.45) is 0 Å². The SMILES string of the molecule is COc1ccc(OC)c(NC(=O)CCSc2nnc3cc(C)c4ccccc4n23)c1. The Morgan fingerprint density at radius 1 is 1.10 bits per heavy atom. The first-order valence-corrected chi connectivity index (χ1v) is 10.5. The fraction of sp³-hybridized carbons (Fsp3) is 0.227. The van der Waals surface area contributed by atoms with Crippen LogP contribution in [0, 0.1) is 6.92 Å². The van der Waals surface area contributed by atoms with Gasteiger partial charge in [-0.15, -0.1) is 10.2 Å². The van der Waals surface area contributed by atoms with Crippen molar-refractivity contribution in [2.45, 2.75) is 18.5 Å². The van der Waals surface area contributed by atoms with Crippen LogP contribution in [0.4, 0.5) is 5.69 Å². The van der Waals surface area contributed by atoms with Gasteiger partial charge in [-0.25, -0.2) is 0 Å². The van der Waals surface area contributed by atoms with Gasteiger partial charge in [0.25, 0.3) is 0 Å². The molecule has 0 aliphatic heterocycles. The highest BCUT2D eigenvalue weighted by Gasteiger charge is 2.13. The molecule has 0 aliphatic carbocycles. The van der Waals surface area contributed by atoms with Gasteiger partial charge in [0, 0.05) is 23.6 Å². The molecule has 0 spiro atoms. The topological polar surface area (TPSA) is 77.8 Å². The Bertz CT molecular complexity index is 1220. The molecule has 0 fully saturated rings. The molecule has 2 aromatic heterocycles. The summed E-state index contributed by atoms with van der Waals surface area (Å²) < 4.78 is 12.6. The molecule has 1 N–H and O–H groups in total. The number of pyridine rings is 1. The van der Waals surface area contributed by atoms with Crippen molar-refractivity contribution in [3.8, 4) is 11.5 Å². The third kappa shape index (κ3) is 3.91. The van der Waals surface area contributed by atoms with E-state index < -0.39 is 0 Å². The predicted octanol–water partition coefficient (Wildman–Crippen LogP) is 4.33. The van der Waals surface area contributed by atoms with Crippen LogP contribution in [0.1, 0.15) is 12.0 Å². The van der Waals surface area contributed by atoms with Gasteiger partial charge in [-0.05, 0) is 36.8 Å². The molecular formula is C22H22N4O3S. The number of hydrogen-bond donors (Lipinski definition) is 1. The highest BCUT2D eigenvalue weighted by atomic mass is 32.2. The summed E-state index contributed by atoms with van der Waals surface area (Å²) >= 11 is 1.51. The van der Waals surface area contributed by atoms with E-state index in [1.807, 2.05) is 22.6 Å². The number of aromatic nitrogens is 3. The lowest BCUT2D eigenvalue weighted by molar-refractivity contribution is -0.115. The van der Waals surface area contributed by atoms with E-state index in [1.54, 1.807) is 32.4 Å². The molecule has 4 aromatic rings. The minimum atomic E-state index is -0.108. The van der Waals surface area contributed by atoms with Crippen LogP contribution in [0.2, 0.25) is 0 Å². The number of benzene rings is 2. The molecule has 2 heterocycles. The summed E-state index contributed by atoms with van der Waals surface area (Å²) in [5.74, 6) is 1.70. The van der Waals surface area contributed by atoms with Gasteiger partial charge in [0.1, 0.15) is 11.5 Å². The van der Waals surface area contributed by atoms with Gasteiger partial charge in [-0.3, -0.25) is 9.20 Å². The maximum absolute atomic E-state index is 12.5. The van der Waals surface area contributed by atoms with Crippen LogP contribution in [0.3, 0.4) is 0 Å². The zero-order valence-electron chi connectivity index (χ0n) is 17.0. The van der Waals surface area contributed by atoms with Gasteiger partial charge in [-0.2, -0.15) is 0 Å². The molecule has 0 atom stereocenters. The maximum Gasteiger partial charge on any atom is 0.225 e. The molecule has 0 saturated carbocycles. The van der Waals surface area contributed by atoms with E-state index >= 15 is 0 Å². The van der Waals surface area contributed by atoms with Crippen molar-refractivity contribution < 1.29 is 14.3 Å². The highest BCUT2D eigenvalue weighted by molar-refractivity contribution is 7.99. The number of carbonyl (C=O) groups is 1. The molecule has 7 nitrogen and oxygen atoms in total. The third-order valence-corrected chi connectivity index (χ3v) is 5.75. The van der Waals surface area contributed by atoms with E-state index in [4.69, 9.17) is 9.47 Å². The Morgan fingerprint density at radius 2 is 1.93 bits per heavy atom. The monoisotopic (exact) mass is 422 g/mol. The number of para-hydroxylation sites is 1. The Balaban J connectivity index is 1.47. The second-order valence-corrected chi connectivity index (χ2v) is 7.80. The number of ether oxygens (including phenoxy) is 2. The fourth-order valence-corrected chi connectivity index (χ4v) is 4.22. The van der Waals surface area contributed by atoms with Crippen LogP contribution in [-0.4, -0.2) is 40.5 Å². The second kappa shape index (κ2) is 8.62. The number of fused-ring (bicyclic) bond motifs is 3.